The van der Waals surface area contributed by atoms with Gasteiger partial charge in [-0.1, -0.05) is 6.08 Å². The van der Waals surface area contributed by atoms with Crippen LogP contribution in [-0.4, -0.2) is 50.3 Å². The number of aromatic nitrogens is 2. The summed E-state index contributed by atoms with van der Waals surface area (Å²) in [4.78, 5) is 24.6. The van der Waals surface area contributed by atoms with Crippen molar-refractivity contribution in [2.75, 3.05) is 13.1 Å². The van der Waals surface area contributed by atoms with E-state index in [2.05, 4.69) is 16.8 Å². The number of H-pyrrole nitrogens is 1. The van der Waals surface area contributed by atoms with E-state index in [1.165, 1.54) is 6.20 Å². The molecule has 0 unspecified atom stereocenters. The zero-order chi connectivity index (χ0) is 15.5. The molecule has 2 rings (SSSR count). The Morgan fingerprint density at radius 2 is 2.29 bits per heavy atom. The largest absolute Gasteiger partial charge is 0.481 e. The number of hydrogen-bond donors (Lipinski definition) is 3. The molecule has 7 nitrogen and oxygen atoms in total. The Labute approximate surface area is 122 Å². The van der Waals surface area contributed by atoms with E-state index in [0.717, 1.165) is 13.0 Å². The first-order valence-corrected chi connectivity index (χ1v) is 6.81. The van der Waals surface area contributed by atoms with E-state index in [-0.39, 0.29) is 5.69 Å². The number of nitrogens with one attached hydrogen (secondary N) is 1. The Morgan fingerprint density at radius 1 is 1.52 bits per heavy atom. The normalized spacial score (nSPS) is 22.9. The number of carboxylic acid groups (broad SMARTS) is 2. The maximum Gasteiger partial charge on any atom is 0.354 e. The Bertz CT molecular complexity index is 554. The van der Waals surface area contributed by atoms with Gasteiger partial charge in [0.15, 0.2) is 0 Å². The molecular formula is C14H19N3O4. The molecule has 21 heavy (non-hydrogen) atoms. The van der Waals surface area contributed by atoms with Gasteiger partial charge < -0.3 is 10.2 Å². The number of likely N-dealkylation sites (tertiary alicyclic amines) is 1. The third-order valence-electron chi connectivity index (χ3n) is 3.97. The number of allylic oxidation sites excluding steroid dienone is 1. The summed E-state index contributed by atoms with van der Waals surface area (Å²) in [5.41, 5.74) is -0.194. The zero-order valence-electron chi connectivity index (χ0n) is 11.7. The lowest BCUT2D eigenvalue weighted by Crippen LogP contribution is -2.47. The van der Waals surface area contributed by atoms with Crippen LogP contribution in [0.25, 0.3) is 0 Å². The highest BCUT2D eigenvalue weighted by molar-refractivity contribution is 5.86. The molecule has 0 bridgehead atoms. The zero-order valence-corrected chi connectivity index (χ0v) is 11.7. The third-order valence-corrected chi connectivity index (χ3v) is 3.97. The monoisotopic (exact) mass is 293 g/mol. The van der Waals surface area contributed by atoms with E-state index in [0.29, 0.717) is 31.5 Å². The fourth-order valence-corrected chi connectivity index (χ4v) is 2.92. The Balaban J connectivity index is 2.14. The van der Waals surface area contributed by atoms with E-state index in [4.69, 9.17) is 5.11 Å². The molecule has 0 spiro atoms. The Kier molecular flexibility index (Phi) is 4.42. The van der Waals surface area contributed by atoms with Crippen LogP contribution in [0.15, 0.2) is 18.9 Å². The second-order valence-electron chi connectivity index (χ2n) is 5.47. The van der Waals surface area contributed by atoms with Crippen molar-refractivity contribution in [1.29, 1.82) is 0 Å². The van der Waals surface area contributed by atoms with Crippen molar-refractivity contribution in [2.45, 2.75) is 25.8 Å². The maximum atomic E-state index is 11.6. The van der Waals surface area contributed by atoms with Crippen LogP contribution in [0.3, 0.4) is 0 Å². The minimum Gasteiger partial charge on any atom is -0.481 e. The summed E-state index contributed by atoms with van der Waals surface area (Å²) in [6.45, 7) is 5.16. The topological polar surface area (TPSA) is 107 Å². The standard InChI is InChI=1S/C14H19N3O4/c1-2-4-14(13(20)21)5-3-6-17(9-14)8-10-7-15-16-11(10)12(18)19/h2,7H,1,3-6,8-9H2,(H,15,16)(H,18,19)(H,20,21)/t14-/m0/s1. The number of carbonyl (C=O) groups is 2. The number of rotatable bonds is 6. The quantitative estimate of drug-likeness (QED) is 0.683. The molecule has 1 fully saturated rings. The van der Waals surface area contributed by atoms with Crippen molar-refractivity contribution in [3.8, 4) is 0 Å². The number of piperidine rings is 1. The molecule has 1 aromatic rings. The minimum atomic E-state index is -1.06. The van der Waals surface area contributed by atoms with Gasteiger partial charge in [-0.05, 0) is 25.8 Å². The number of hydrogen-bond acceptors (Lipinski definition) is 4. The summed E-state index contributed by atoms with van der Waals surface area (Å²) >= 11 is 0. The predicted octanol–water partition coefficient (Wildman–Crippen LogP) is 1.35. The van der Waals surface area contributed by atoms with Crippen LogP contribution in [-0.2, 0) is 11.3 Å². The van der Waals surface area contributed by atoms with E-state index < -0.39 is 17.4 Å². The number of aromatic amines is 1. The molecule has 3 N–H and O–H groups in total. The van der Waals surface area contributed by atoms with Crippen LogP contribution in [0.2, 0.25) is 0 Å². The van der Waals surface area contributed by atoms with Crippen molar-refractivity contribution in [3.63, 3.8) is 0 Å². The third kappa shape index (κ3) is 3.13. The van der Waals surface area contributed by atoms with Crippen molar-refractivity contribution >= 4 is 11.9 Å². The molecule has 7 heteroatoms. The molecule has 114 valence electrons. The van der Waals surface area contributed by atoms with Gasteiger partial charge in [0.05, 0.1) is 11.6 Å². The maximum absolute atomic E-state index is 11.6. The van der Waals surface area contributed by atoms with Crippen molar-refractivity contribution < 1.29 is 19.8 Å². The predicted molar refractivity (Wildman–Crippen MR) is 74.9 cm³/mol. The van der Waals surface area contributed by atoms with E-state index in [9.17, 15) is 14.7 Å². The van der Waals surface area contributed by atoms with Crippen LogP contribution in [0.5, 0.6) is 0 Å². The molecule has 1 aromatic heterocycles. The van der Waals surface area contributed by atoms with Gasteiger partial charge >= 0.3 is 11.9 Å². The van der Waals surface area contributed by atoms with Crippen LogP contribution < -0.4 is 0 Å². The Morgan fingerprint density at radius 3 is 2.90 bits per heavy atom. The number of carboxylic acids is 2. The van der Waals surface area contributed by atoms with Crippen LogP contribution in [0.1, 0.15) is 35.3 Å². The van der Waals surface area contributed by atoms with Crippen LogP contribution >= 0.6 is 0 Å². The second kappa shape index (κ2) is 6.09. The molecular weight excluding hydrogens is 274 g/mol. The van der Waals surface area contributed by atoms with E-state index >= 15 is 0 Å². The molecule has 1 aliphatic heterocycles. The number of nitrogens with zero attached hydrogens (tertiary/aromatic N) is 2. The van der Waals surface area contributed by atoms with Gasteiger partial charge in [0.1, 0.15) is 5.69 Å². The summed E-state index contributed by atoms with van der Waals surface area (Å²) in [5.74, 6) is -1.88. The minimum absolute atomic E-state index is 0.0604. The lowest BCUT2D eigenvalue weighted by atomic mass is 9.77. The van der Waals surface area contributed by atoms with Gasteiger partial charge in [0.2, 0.25) is 0 Å². The smallest absolute Gasteiger partial charge is 0.354 e. The van der Waals surface area contributed by atoms with E-state index in [1.54, 1.807) is 6.08 Å². The molecule has 2 heterocycles. The summed E-state index contributed by atoms with van der Waals surface area (Å²) in [6.07, 6.45) is 4.91. The molecule has 1 atom stereocenters. The van der Waals surface area contributed by atoms with Crippen LogP contribution in [0, 0.1) is 5.41 Å². The average Bonchev–Trinajstić information content (AvgIpc) is 2.87. The van der Waals surface area contributed by atoms with Gasteiger partial charge in [0, 0.05) is 18.7 Å². The first kappa shape index (κ1) is 15.2. The molecule has 0 aliphatic carbocycles. The summed E-state index contributed by atoms with van der Waals surface area (Å²) in [5, 5.41) is 24.8. The van der Waals surface area contributed by atoms with Gasteiger partial charge in [-0.2, -0.15) is 5.10 Å². The molecule has 0 aromatic carbocycles. The summed E-state index contributed by atoms with van der Waals surface area (Å²) < 4.78 is 0. The molecule has 0 saturated carbocycles. The highest BCUT2D eigenvalue weighted by atomic mass is 16.4. The van der Waals surface area contributed by atoms with Gasteiger partial charge in [-0.3, -0.25) is 14.8 Å². The number of aromatic carboxylic acids is 1. The lowest BCUT2D eigenvalue weighted by molar-refractivity contribution is -0.152. The van der Waals surface area contributed by atoms with Crippen LogP contribution in [0.4, 0.5) is 0 Å². The molecule has 1 aliphatic rings. The highest BCUT2D eigenvalue weighted by Gasteiger charge is 2.41. The lowest BCUT2D eigenvalue weighted by Gasteiger charge is -2.39. The molecule has 0 amide bonds. The fourth-order valence-electron chi connectivity index (χ4n) is 2.92. The van der Waals surface area contributed by atoms with Crippen molar-refractivity contribution in [2.24, 2.45) is 5.41 Å². The molecule has 1 saturated heterocycles. The van der Waals surface area contributed by atoms with Crippen molar-refractivity contribution in [3.05, 3.63) is 30.1 Å². The average molecular weight is 293 g/mol. The fraction of sp³-hybridized carbons (Fsp3) is 0.500. The number of aliphatic carboxylic acids is 1. The van der Waals surface area contributed by atoms with Gasteiger partial charge in [-0.25, -0.2) is 4.79 Å². The first-order valence-electron chi connectivity index (χ1n) is 6.81. The Hall–Kier alpha value is -2.15. The SMILES string of the molecule is C=CC[C@]1(C(=O)O)CCCN(Cc2cn[nH]c2C(=O)O)C1. The van der Waals surface area contributed by atoms with Crippen molar-refractivity contribution in [1.82, 2.24) is 15.1 Å². The molecule has 0 radical (unpaired) electrons. The van der Waals surface area contributed by atoms with Gasteiger partial charge in [-0.15, -0.1) is 6.58 Å². The van der Waals surface area contributed by atoms with E-state index in [1.807, 2.05) is 4.90 Å². The summed E-state index contributed by atoms with van der Waals surface area (Å²) in [6, 6.07) is 0. The highest BCUT2D eigenvalue weighted by Crippen LogP contribution is 2.35. The first-order chi connectivity index (χ1) is 9.98. The second-order valence-corrected chi connectivity index (χ2v) is 5.47. The summed E-state index contributed by atoms with van der Waals surface area (Å²) in [7, 11) is 0. The van der Waals surface area contributed by atoms with Gasteiger partial charge in [0.25, 0.3) is 0 Å².